The topological polar surface area (TPSA) is 52.2 Å². The molecule has 0 saturated carbocycles. The normalized spacial score (nSPS) is 20.4. The van der Waals surface area contributed by atoms with E-state index in [0.717, 1.165) is 15.6 Å². The number of esters is 1. The van der Waals surface area contributed by atoms with Crippen molar-refractivity contribution in [3.63, 3.8) is 0 Å². The minimum Gasteiger partial charge on any atom is -0.466 e. The third-order valence-electron chi connectivity index (χ3n) is 3.99. The molecule has 0 spiro atoms. The zero-order chi connectivity index (χ0) is 17.9. The van der Waals surface area contributed by atoms with Gasteiger partial charge in [-0.15, -0.1) is 0 Å². The lowest BCUT2D eigenvalue weighted by atomic mass is 9.80. The first-order valence-corrected chi connectivity index (χ1v) is 8.22. The quantitative estimate of drug-likeness (QED) is 0.581. The molecular weight excluding hydrogens is 372 g/mol. The number of ether oxygens (including phenoxy) is 2. The van der Waals surface area contributed by atoms with Crippen molar-refractivity contribution in [1.82, 2.24) is 0 Å². The van der Waals surface area contributed by atoms with Crippen LogP contribution in [0.25, 0.3) is 4.85 Å². The average Bonchev–Trinajstić information content (AvgIpc) is 2.54. The number of carbonyl (C=O) groups excluding carboxylic acids is 1. The zero-order valence-corrected chi connectivity index (χ0v) is 15.7. The van der Waals surface area contributed by atoms with Crippen LogP contribution in [0.15, 0.2) is 38.9 Å². The molecule has 1 heterocycles. The van der Waals surface area contributed by atoms with Crippen LogP contribution in [0.5, 0.6) is 0 Å². The molecule has 0 fully saturated rings. The predicted molar refractivity (Wildman–Crippen MR) is 96.0 cm³/mol. The van der Waals surface area contributed by atoms with Gasteiger partial charge in [-0.3, -0.25) is 4.99 Å². The summed E-state index contributed by atoms with van der Waals surface area (Å²) >= 11 is 3.57. The van der Waals surface area contributed by atoms with Crippen molar-refractivity contribution in [1.29, 1.82) is 0 Å². The van der Waals surface area contributed by atoms with Gasteiger partial charge in [-0.1, -0.05) is 28.1 Å². The molecule has 0 saturated heterocycles. The van der Waals surface area contributed by atoms with Gasteiger partial charge < -0.3 is 14.3 Å². The Morgan fingerprint density at radius 1 is 1.38 bits per heavy atom. The fourth-order valence-corrected chi connectivity index (χ4v) is 3.64. The van der Waals surface area contributed by atoms with Crippen LogP contribution >= 0.6 is 15.9 Å². The molecule has 2 unspecified atom stereocenters. The van der Waals surface area contributed by atoms with Gasteiger partial charge in [-0.2, -0.15) is 0 Å². The number of halogens is 1. The number of carbonyl (C=O) groups is 1. The summed E-state index contributed by atoms with van der Waals surface area (Å²) in [7, 11) is 2.88. The van der Waals surface area contributed by atoms with E-state index in [1.54, 1.807) is 7.11 Å². The van der Waals surface area contributed by atoms with Gasteiger partial charge in [0.25, 0.3) is 6.04 Å². The molecule has 0 amide bonds. The lowest BCUT2D eigenvalue weighted by Gasteiger charge is -2.27. The lowest BCUT2D eigenvalue weighted by Crippen LogP contribution is -2.33. The SMILES string of the molecule is [C-]#[N+]C1C(C)=NC(COC)=C(C(=O)OC)C1c1ccc(C)cc1Br. The highest BCUT2D eigenvalue weighted by atomic mass is 79.9. The van der Waals surface area contributed by atoms with Crippen molar-refractivity contribution in [3.8, 4) is 0 Å². The molecule has 5 nitrogen and oxygen atoms in total. The summed E-state index contributed by atoms with van der Waals surface area (Å²) < 4.78 is 11.0. The molecule has 1 aromatic carbocycles. The number of aliphatic imine (C=N–C) groups is 1. The van der Waals surface area contributed by atoms with Gasteiger partial charge in [0.15, 0.2) is 0 Å². The highest BCUT2D eigenvalue weighted by molar-refractivity contribution is 9.10. The highest BCUT2D eigenvalue weighted by Gasteiger charge is 2.43. The van der Waals surface area contributed by atoms with Crippen LogP contribution in [0.4, 0.5) is 0 Å². The molecule has 0 aromatic heterocycles. The van der Waals surface area contributed by atoms with Crippen molar-refractivity contribution >= 4 is 27.6 Å². The second-order valence-electron chi connectivity index (χ2n) is 5.61. The summed E-state index contributed by atoms with van der Waals surface area (Å²) in [6, 6.07) is 5.32. The summed E-state index contributed by atoms with van der Waals surface area (Å²) in [5, 5.41) is 0. The van der Waals surface area contributed by atoms with E-state index in [4.69, 9.17) is 16.0 Å². The summed E-state index contributed by atoms with van der Waals surface area (Å²) in [5.41, 5.74) is 3.52. The number of benzene rings is 1. The molecule has 0 N–H and O–H groups in total. The summed E-state index contributed by atoms with van der Waals surface area (Å²) in [4.78, 5) is 20.6. The Labute approximate surface area is 150 Å². The van der Waals surface area contributed by atoms with E-state index >= 15 is 0 Å². The molecule has 0 bridgehead atoms. The van der Waals surface area contributed by atoms with Crippen LogP contribution in [-0.2, 0) is 14.3 Å². The van der Waals surface area contributed by atoms with Crippen LogP contribution < -0.4 is 0 Å². The third kappa shape index (κ3) is 3.42. The maximum absolute atomic E-state index is 12.5. The van der Waals surface area contributed by atoms with Crippen LogP contribution in [0.3, 0.4) is 0 Å². The van der Waals surface area contributed by atoms with Gasteiger partial charge in [-0.05, 0) is 31.0 Å². The van der Waals surface area contributed by atoms with Crippen molar-refractivity contribution in [3.05, 3.63) is 56.5 Å². The fraction of sp³-hybridized carbons (Fsp3) is 0.389. The van der Waals surface area contributed by atoms with Crippen LogP contribution in [0.2, 0.25) is 0 Å². The fourth-order valence-electron chi connectivity index (χ4n) is 2.90. The molecule has 0 aliphatic carbocycles. The zero-order valence-electron chi connectivity index (χ0n) is 14.1. The standard InChI is InChI=1S/C18H19BrN2O3/c1-10-6-7-12(13(19)8-10)15-16(18(22)24-5)14(9-23-4)21-11(2)17(15)20-3/h6-8,15,17H,9H2,1-2,4-5H3. The summed E-state index contributed by atoms with van der Waals surface area (Å²) in [5.74, 6) is -0.933. The Morgan fingerprint density at radius 3 is 2.62 bits per heavy atom. The lowest BCUT2D eigenvalue weighted by molar-refractivity contribution is -0.136. The van der Waals surface area contributed by atoms with Gasteiger partial charge in [0, 0.05) is 11.6 Å². The second-order valence-corrected chi connectivity index (χ2v) is 6.47. The maximum Gasteiger partial charge on any atom is 0.336 e. The number of hydrogen-bond acceptors (Lipinski definition) is 4. The Balaban J connectivity index is 2.72. The van der Waals surface area contributed by atoms with E-state index in [9.17, 15) is 4.79 Å². The molecule has 2 rings (SSSR count). The average molecular weight is 391 g/mol. The van der Waals surface area contributed by atoms with Gasteiger partial charge >= 0.3 is 5.97 Å². The van der Waals surface area contributed by atoms with Gasteiger partial charge in [0.1, 0.15) is 5.92 Å². The predicted octanol–water partition coefficient (Wildman–Crippen LogP) is 3.68. The molecule has 6 heteroatoms. The van der Waals surface area contributed by atoms with Crippen molar-refractivity contribution < 1.29 is 14.3 Å². The van der Waals surface area contributed by atoms with Crippen LogP contribution in [-0.4, -0.2) is 38.5 Å². The van der Waals surface area contributed by atoms with Crippen molar-refractivity contribution in [2.24, 2.45) is 4.99 Å². The Morgan fingerprint density at radius 2 is 2.08 bits per heavy atom. The monoisotopic (exact) mass is 390 g/mol. The summed E-state index contributed by atoms with van der Waals surface area (Å²) in [6.45, 7) is 11.6. The molecule has 24 heavy (non-hydrogen) atoms. The van der Waals surface area contributed by atoms with E-state index in [0.29, 0.717) is 17.0 Å². The Kier molecular flexibility index (Phi) is 5.92. The van der Waals surface area contributed by atoms with E-state index in [1.807, 2.05) is 32.0 Å². The molecular formula is C18H19BrN2O3. The number of rotatable bonds is 4. The first-order valence-electron chi connectivity index (χ1n) is 7.42. The largest absolute Gasteiger partial charge is 0.466 e. The van der Waals surface area contributed by atoms with E-state index in [1.165, 1.54) is 7.11 Å². The second kappa shape index (κ2) is 7.73. The molecule has 1 aliphatic rings. The Bertz CT molecular complexity index is 762. The van der Waals surface area contributed by atoms with Crippen LogP contribution in [0, 0.1) is 13.5 Å². The first-order chi connectivity index (χ1) is 11.4. The van der Waals surface area contributed by atoms with E-state index < -0.39 is 17.9 Å². The smallest absolute Gasteiger partial charge is 0.336 e. The number of methoxy groups -OCH3 is 2. The number of aryl methyl sites for hydroxylation is 1. The van der Waals surface area contributed by atoms with Crippen molar-refractivity contribution in [2.75, 3.05) is 20.8 Å². The number of hydrogen-bond donors (Lipinski definition) is 0. The molecule has 1 aromatic rings. The van der Waals surface area contributed by atoms with Gasteiger partial charge in [-0.25, -0.2) is 11.4 Å². The highest BCUT2D eigenvalue weighted by Crippen LogP contribution is 2.40. The van der Waals surface area contributed by atoms with Gasteiger partial charge in [0.2, 0.25) is 0 Å². The van der Waals surface area contributed by atoms with Crippen molar-refractivity contribution in [2.45, 2.75) is 25.8 Å². The Hall–Kier alpha value is -1.97. The van der Waals surface area contributed by atoms with Gasteiger partial charge in [0.05, 0.1) is 30.7 Å². The molecule has 126 valence electrons. The van der Waals surface area contributed by atoms with Crippen LogP contribution in [0.1, 0.15) is 24.0 Å². The minimum atomic E-state index is -0.557. The summed E-state index contributed by atoms with van der Waals surface area (Å²) in [6.07, 6.45) is 0. The maximum atomic E-state index is 12.5. The molecule has 1 aliphatic heterocycles. The molecule has 0 radical (unpaired) electrons. The third-order valence-corrected chi connectivity index (χ3v) is 4.68. The number of nitrogens with zero attached hydrogens (tertiary/aromatic N) is 2. The van der Waals surface area contributed by atoms with E-state index in [2.05, 4.69) is 25.8 Å². The van der Waals surface area contributed by atoms with E-state index in [-0.39, 0.29) is 6.61 Å². The first kappa shape index (κ1) is 18.4. The minimum absolute atomic E-state index is 0.187. The molecule has 2 atom stereocenters.